The van der Waals surface area contributed by atoms with Gasteiger partial charge in [0, 0.05) is 31.6 Å². The van der Waals surface area contributed by atoms with E-state index >= 15 is 0 Å². The second kappa shape index (κ2) is 9.27. The van der Waals surface area contributed by atoms with Gasteiger partial charge < -0.3 is 9.80 Å². The molecule has 0 bridgehead atoms. The Morgan fingerprint density at radius 1 is 0.946 bits per heavy atom. The number of aryl methyl sites for hydroxylation is 1. The number of carbonyl (C=O) groups excluding carboxylic acids is 4. The van der Waals surface area contributed by atoms with Crippen LogP contribution >= 0.6 is 0 Å². The first-order valence-electron chi connectivity index (χ1n) is 12.5. The van der Waals surface area contributed by atoms with E-state index < -0.39 is 11.9 Å². The van der Waals surface area contributed by atoms with Crippen LogP contribution in [0.5, 0.6) is 0 Å². The number of amides is 4. The fraction of sp³-hybridized carbons (Fsp3) is 0.333. The summed E-state index contributed by atoms with van der Waals surface area (Å²) in [5.41, 5.74) is 4.86. The van der Waals surface area contributed by atoms with Gasteiger partial charge in [0.05, 0.1) is 11.9 Å². The summed E-state index contributed by atoms with van der Waals surface area (Å²) in [6.45, 7) is 1.56. The Bertz CT molecular complexity index is 1430. The number of piperidine rings is 1. The highest BCUT2D eigenvalue weighted by molar-refractivity contribution is 6.05. The predicted octanol–water partition coefficient (Wildman–Crippen LogP) is 1.66. The lowest BCUT2D eigenvalue weighted by Gasteiger charge is -2.29. The van der Waals surface area contributed by atoms with Crippen molar-refractivity contribution < 1.29 is 19.2 Å². The summed E-state index contributed by atoms with van der Waals surface area (Å²) in [5, 5.41) is 10.6. The minimum absolute atomic E-state index is 0.147. The van der Waals surface area contributed by atoms with Gasteiger partial charge in [-0.1, -0.05) is 29.5 Å². The number of aromatic nitrogens is 3. The van der Waals surface area contributed by atoms with Crippen LogP contribution in [-0.4, -0.2) is 67.6 Å². The summed E-state index contributed by atoms with van der Waals surface area (Å²) in [6.07, 6.45) is 4.77. The summed E-state index contributed by atoms with van der Waals surface area (Å²) >= 11 is 0. The number of fused-ring (bicyclic) bond motifs is 2. The molecule has 1 N–H and O–H groups in total. The Balaban J connectivity index is 1.17. The number of rotatable bonds is 3. The van der Waals surface area contributed by atoms with E-state index in [1.54, 1.807) is 18.3 Å². The molecule has 1 unspecified atom stereocenters. The lowest BCUT2D eigenvalue weighted by Crippen LogP contribution is -2.52. The quantitative estimate of drug-likeness (QED) is 0.549. The number of hydrogen-bond acceptors (Lipinski definition) is 6. The number of imide groups is 1. The van der Waals surface area contributed by atoms with Gasteiger partial charge in [-0.25, -0.2) is 4.68 Å². The van der Waals surface area contributed by atoms with Crippen molar-refractivity contribution >= 4 is 23.6 Å². The Morgan fingerprint density at radius 3 is 2.57 bits per heavy atom. The van der Waals surface area contributed by atoms with Gasteiger partial charge in [0.2, 0.25) is 11.8 Å². The fourth-order valence-corrected chi connectivity index (χ4v) is 5.43. The molecule has 3 aliphatic rings. The van der Waals surface area contributed by atoms with Gasteiger partial charge in [0.1, 0.15) is 6.04 Å². The van der Waals surface area contributed by atoms with Crippen molar-refractivity contribution in [3.63, 3.8) is 0 Å². The number of nitrogens with zero attached hydrogens (tertiary/aromatic N) is 5. The topological polar surface area (TPSA) is 118 Å². The molecule has 2 aromatic carbocycles. The van der Waals surface area contributed by atoms with Gasteiger partial charge in [-0.3, -0.25) is 24.5 Å². The number of carbonyl (C=O) groups is 4. The van der Waals surface area contributed by atoms with E-state index in [4.69, 9.17) is 0 Å². The van der Waals surface area contributed by atoms with Crippen LogP contribution in [0.3, 0.4) is 0 Å². The molecule has 0 saturated carbocycles. The largest absolute Gasteiger partial charge is 0.337 e. The molecular weight excluding hydrogens is 472 g/mol. The molecule has 4 heterocycles. The first-order valence-corrected chi connectivity index (χ1v) is 12.5. The third-order valence-electron chi connectivity index (χ3n) is 7.41. The Labute approximate surface area is 213 Å². The zero-order chi connectivity index (χ0) is 25.5. The van der Waals surface area contributed by atoms with Crippen LogP contribution in [0.15, 0.2) is 48.7 Å². The van der Waals surface area contributed by atoms with Crippen molar-refractivity contribution in [3.8, 4) is 5.69 Å². The maximum Gasteiger partial charge on any atom is 0.276 e. The van der Waals surface area contributed by atoms with Crippen molar-refractivity contribution in [2.45, 2.75) is 44.7 Å². The van der Waals surface area contributed by atoms with Gasteiger partial charge in [-0.2, -0.15) is 0 Å². The molecule has 10 heteroatoms. The standard InChI is InChI=1S/C27H26N6O4/c34-24-10-9-23(25(35)28-24)32-15-19-14-20(7-8-21(19)26(32)36)33-16-22(29-30-33)27(37)31-12-3-6-17-4-1-2-5-18(17)11-13-31/h1-2,4-5,7-8,14,16,23H,3,6,9-13,15H2,(H,28,34,35). The molecule has 10 nitrogen and oxygen atoms in total. The second-order valence-electron chi connectivity index (χ2n) is 9.70. The van der Waals surface area contributed by atoms with Crippen molar-refractivity contribution in [2.24, 2.45) is 0 Å². The van der Waals surface area contributed by atoms with Crippen LogP contribution in [0.2, 0.25) is 0 Å². The van der Waals surface area contributed by atoms with Crippen LogP contribution in [0.1, 0.15) is 56.8 Å². The summed E-state index contributed by atoms with van der Waals surface area (Å²) in [7, 11) is 0. The molecule has 0 spiro atoms. The Hall–Kier alpha value is -4.34. The van der Waals surface area contributed by atoms with Crippen LogP contribution in [0, 0.1) is 0 Å². The summed E-state index contributed by atoms with van der Waals surface area (Å²) in [4.78, 5) is 53.3. The third-order valence-corrected chi connectivity index (χ3v) is 7.41. The summed E-state index contributed by atoms with van der Waals surface area (Å²) < 4.78 is 1.53. The lowest BCUT2D eigenvalue weighted by molar-refractivity contribution is -0.136. The first kappa shape index (κ1) is 23.1. The van der Waals surface area contributed by atoms with Crippen molar-refractivity contribution in [2.75, 3.05) is 13.1 Å². The molecule has 4 amide bonds. The Morgan fingerprint density at radius 2 is 1.76 bits per heavy atom. The second-order valence-corrected chi connectivity index (χ2v) is 9.70. The van der Waals surface area contributed by atoms with Crippen molar-refractivity contribution in [3.05, 3.63) is 76.6 Å². The van der Waals surface area contributed by atoms with E-state index in [1.165, 1.54) is 20.7 Å². The fourth-order valence-electron chi connectivity index (χ4n) is 5.43. The summed E-state index contributed by atoms with van der Waals surface area (Å²) in [6, 6.07) is 13.0. The van der Waals surface area contributed by atoms with E-state index in [9.17, 15) is 19.2 Å². The third kappa shape index (κ3) is 4.28. The lowest BCUT2D eigenvalue weighted by atomic mass is 9.98. The SMILES string of the molecule is O=C1CCC(N2Cc3cc(-n4cc(C(=O)N5CCCc6ccccc6CC5)nn4)ccc3C2=O)C(=O)N1. The van der Waals surface area contributed by atoms with Gasteiger partial charge in [-0.15, -0.1) is 5.10 Å². The summed E-state index contributed by atoms with van der Waals surface area (Å²) in [5.74, 6) is -1.13. The molecule has 1 fully saturated rings. The molecule has 1 atom stereocenters. The molecule has 0 radical (unpaired) electrons. The first-order chi connectivity index (χ1) is 18.0. The minimum atomic E-state index is -0.665. The van der Waals surface area contributed by atoms with E-state index in [0.717, 1.165) is 24.8 Å². The molecular formula is C27H26N6O4. The van der Waals surface area contributed by atoms with E-state index in [1.807, 2.05) is 17.0 Å². The molecule has 37 heavy (non-hydrogen) atoms. The molecule has 188 valence electrons. The monoisotopic (exact) mass is 498 g/mol. The molecule has 1 saturated heterocycles. The van der Waals surface area contributed by atoms with E-state index in [-0.39, 0.29) is 36.4 Å². The molecule has 0 aliphatic carbocycles. The van der Waals surface area contributed by atoms with Crippen molar-refractivity contribution in [1.82, 2.24) is 30.1 Å². The van der Waals surface area contributed by atoms with Gasteiger partial charge >= 0.3 is 0 Å². The predicted molar refractivity (Wildman–Crippen MR) is 132 cm³/mol. The van der Waals surface area contributed by atoms with Crippen LogP contribution < -0.4 is 5.32 Å². The van der Waals surface area contributed by atoms with Crippen LogP contribution in [-0.2, 0) is 29.0 Å². The normalized spacial score (nSPS) is 19.7. The average molecular weight is 499 g/mol. The zero-order valence-corrected chi connectivity index (χ0v) is 20.2. The van der Waals surface area contributed by atoms with Gasteiger partial charge in [0.15, 0.2) is 5.69 Å². The number of hydrogen-bond donors (Lipinski definition) is 1. The maximum absolute atomic E-state index is 13.2. The average Bonchev–Trinajstić information content (AvgIpc) is 3.49. The molecule has 1 aromatic heterocycles. The highest BCUT2D eigenvalue weighted by Crippen LogP contribution is 2.29. The zero-order valence-electron chi connectivity index (χ0n) is 20.2. The molecule has 3 aromatic rings. The smallest absolute Gasteiger partial charge is 0.276 e. The highest BCUT2D eigenvalue weighted by Gasteiger charge is 2.39. The Kier molecular flexibility index (Phi) is 5.78. The van der Waals surface area contributed by atoms with E-state index in [2.05, 4.69) is 33.8 Å². The number of nitrogens with one attached hydrogen (secondary N) is 1. The van der Waals surface area contributed by atoms with Crippen LogP contribution in [0.4, 0.5) is 0 Å². The van der Waals surface area contributed by atoms with Crippen LogP contribution in [0.25, 0.3) is 5.69 Å². The van der Waals surface area contributed by atoms with Gasteiger partial charge in [-0.05, 0) is 60.6 Å². The minimum Gasteiger partial charge on any atom is -0.337 e. The maximum atomic E-state index is 13.2. The van der Waals surface area contributed by atoms with Crippen molar-refractivity contribution in [1.29, 1.82) is 0 Å². The van der Waals surface area contributed by atoms with Gasteiger partial charge in [0.25, 0.3) is 11.8 Å². The van der Waals surface area contributed by atoms with E-state index in [0.29, 0.717) is 30.8 Å². The molecule has 3 aliphatic heterocycles. The highest BCUT2D eigenvalue weighted by atomic mass is 16.2. The molecule has 6 rings (SSSR count). The number of benzene rings is 2.